The smallest absolute Gasteiger partial charge is 0.504 e. The molecule has 1 atom stereocenters. The summed E-state index contributed by atoms with van der Waals surface area (Å²) in [5.74, 6) is 0.713. The molecular formula is C14H16O5. The highest BCUT2D eigenvalue weighted by Crippen LogP contribution is 2.29. The Morgan fingerprint density at radius 3 is 2.95 bits per heavy atom. The molecule has 5 nitrogen and oxygen atoms in total. The zero-order valence-corrected chi connectivity index (χ0v) is 10.7. The maximum Gasteiger partial charge on any atom is 0.513 e. The number of phenolic OH excluding ortho intramolecular Hbond substituents is 1. The van der Waals surface area contributed by atoms with Crippen LogP contribution in [0.15, 0.2) is 30.4 Å². The largest absolute Gasteiger partial charge is 0.513 e. The zero-order valence-electron chi connectivity index (χ0n) is 10.7. The summed E-state index contributed by atoms with van der Waals surface area (Å²) in [4.78, 5) is 11.5. The fraction of sp³-hybridized carbons (Fsp3) is 0.357. The van der Waals surface area contributed by atoms with Gasteiger partial charge in [0.1, 0.15) is 12.4 Å². The number of methoxy groups -OCH3 is 1. The molecule has 1 aromatic rings. The summed E-state index contributed by atoms with van der Waals surface area (Å²) in [7, 11) is 1.44. The van der Waals surface area contributed by atoms with Crippen LogP contribution in [0.2, 0.25) is 0 Å². The predicted molar refractivity (Wildman–Crippen MR) is 68.5 cm³/mol. The first-order valence-corrected chi connectivity index (χ1v) is 6.07. The molecule has 102 valence electrons. The second kappa shape index (κ2) is 6.13. The third-order valence-electron chi connectivity index (χ3n) is 2.88. The van der Waals surface area contributed by atoms with E-state index in [0.29, 0.717) is 12.4 Å². The number of benzene rings is 1. The number of hydrogen-bond donors (Lipinski definition) is 1. The molecule has 0 fully saturated rings. The van der Waals surface area contributed by atoms with E-state index in [-0.39, 0.29) is 17.4 Å². The molecule has 0 aromatic heterocycles. The van der Waals surface area contributed by atoms with Gasteiger partial charge in [0.15, 0.2) is 11.5 Å². The van der Waals surface area contributed by atoms with Crippen molar-refractivity contribution < 1.29 is 24.1 Å². The van der Waals surface area contributed by atoms with E-state index >= 15 is 0 Å². The number of ether oxygens (including phenoxy) is 3. The second-order valence-electron chi connectivity index (χ2n) is 4.26. The van der Waals surface area contributed by atoms with Crippen molar-refractivity contribution in [3.63, 3.8) is 0 Å². The summed E-state index contributed by atoms with van der Waals surface area (Å²) in [6.07, 6.45) is 5.35. The predicted octanol–water partition coefficient (Wildman–Crippen LogP) is 2.88. The first-order chi connectivity index (χ1) is 9.19. The van der Waals surface area contributed by atoms with E-state index in [1.54, 1.807) is 0 Å². The molecule has 19 heavy (non-hydrogen) atoms. The first-order valence-electron chi connectivity index (χ1n) is 6.07. The Balaban J connectivity index is 1.84. The van der Waals surface area contributed by atoms with Crippen molar-refractivity contribution in [1.82, 2.24) is 0 Å². The maximum absolute atomic E-state index is 11.5. The van der Waals surface area contributed by atoms with Gasteiger partial charge in [0.05, 0.1) is 7.11 Å². The van der Waals surface area contributed by atoms with Crippen molar-refractivity contribution in [1.29, 1.82) is 0 Å². The number of allylic oxidation sites excluding steroid dienone is 1. The van der Waals surface area contributed by atoms with Gasteiger partial charge in [-0.15, -0.1) is 0 Å². The minimum absolute atomic E-state index is 0.0912. The van der Waals surface area contributed by atoms with E-state index in [0.717, 1.165) is 12.8 Å². The Labute approximate surface area is 111 Å². The number of carbonyl (C=O) groups is 1. The SMILES string of the molecule is COc1ccc(OC(=O)OCC2C=CCC2)cc1O. The van der Waals surface area contributed by atoms with Gasteiger partial charge in [0.2, 0.25) is 0 Å². The summed E-state index contributed by atoms with van der Waals surface area (Å²) in [5.41, 5.74) is 0. The van der Waals surface area contributed by atoms with Crippen molar-refractivity contribution in [2.75, 3.05) is 13.7 Å². The van der Waals surface area contributed by atoms with Crippen molar-refractivity contribution >= 4 is 6.16 Å². The van der Waals surface area contributed by atoms with Crippen LogP contribution in [0, 0.1) is 5.92 Å². The van der Waals surface area contributed by atoms with E-state index in [2.05, 4.69) is 6.08 Å². The fourth-order valence-electron chi connectivity index (χ4n) is 1.87. The maximum atomic E-state index is 11.5. The van der Waals surface area contributed by atoms with Gasteiger partial charge >= 0.3 is 6.16 Å². The zero-order chi connectivity index (χ0) is 13.7. The molecule has 1 aliphatic carbocycles. The monoisotopic (exact) mass is 264 g/mol. The number of rotatable bonds is 4. The molecule has 1 unspecified atom stereocenters. The third kappa shape index (κ3) is 3.64. The highest BCUT2D eigenvalue weighted by atomic mass is 16.7. The van der Waals surface area contributed by atoms with Crippen molar-refractivity contribution in [2.45, 2.75) is 12.8 Å². The van der Waals surface area contributed by atoms with Crippen LogP contribution in [0.25, 0.3) is 0 Å². The van der Waals surface area contributed by atoms with Crippen LogP contribution in [-0.2, 0) is 4.74 Å². The van der Waals surface area contributed by atoms with Gasteiger partial charge in [-0.05, 0) is 25.0 Å². The van der Waals surface area contributed by atoms with E-state index < -0.39 is 6.16 Å². The minimum Gasteiger partial charge on any atom is -0.504 e. The average molecular weight is 264 g/mol. The summed E-state index contributed by atoms with van der Waals surface area (Å²) in [5, 5.41) is 9.54. The number of aromatic hydroxyl groups is 1. The summed E-state index contributed by atoms with van der Waals surface area (Å²) < 4.78 is 14.8. The number of hydrogen-bond acceptors (Lipinski definition) is 5. The average Bonchev–Trinajstić information content (AvgIpc) is 2.90. The molecule has 1 N–H and O–H groups in total. The van der Waals surface area contributed by atoms with Gasteiger partial charge in [-0.1, -0.05) is 12.2 Å². The standard InChI is InChI=1S/C14H16O5/c1-17-13-7-6-11(8-12(13)15)19-14(16)18-9-10-4-2-3-5-10/h2,4,6-8,10,15H,3,5,9H2,1H3. The lowest BCUT2D eigenvalue weighted by Gasteiger charge is -2.10. The lowest BCUT2D eigenvalue weighted by molar-refractivity contribution is 0.0896. The van der Waals surface area contributed by atoms with E-state index in [4.69, 9.17) is 14.2 Å². The molecule has 0 saturated carbocycles. The topological polar surface area (TPSA) is 65.0 Å². The molecule has 0 bridgehead atoms. The van der Waals surface area contributed by atoms with E-state index in [1.165, 1.54) is 25.3 Å². The number of carbonyl (C=O) groups excluding carboxylic acids is 1. The van der Waals surface area contributed by atoms with Crippen LogP contribution in [0.3, 0.4) is 0 Å². The normalized spacial score (nSPS) is 17.2. The van der Waals surface area contributed by atoms with Gasteiger partial charge in [-0.2, -0.15) is 0 Å². The van der Waals surface area contributed by atoms with Gasteiger partial charge in [0, 0.05) is 12.0 Å². The lowest BCUT2D eigenvalue weighted by atomic mass is 10.1. The van der Waals surface area contributed by atoms with Crippen LogP contribution in [0.4, 0.5) is 4.79 Å². The van der Waals surface area contributed by atoms with Gasteiger partial charge in [0.25, 0.3) is 0 Å². The molecule has 2 rings (SSSR count). The van der Waals surface area contributed by atoms with Crippen LogP contribution in [0.1, 0.15) is 12.8 Å². The number of phenols is 1. The van der Waals surface area contributed by atoms with Gasteiger partial charge in [-0.25, -0.2) is 4.79 Å². The molecule has 1 aliphatic rings. The van der Waals surface area contributed by atoms with Crippen LogP contribution in [-0.4, -0.2) is 25.0 Å². The van der Waals surface area contributed by atoms with Crippen molar-refractivity contribution in [2.24, 2.45) is 5.92 Å². The molecule has 0 radical (unpaired) electrons. The molecule has 0 spiro atoms. The molecule has 5 heteroatoms. The highest BCUT2D eigenvalue weighted by Gasteiger charge is 2.14. The van der Waals surface area contributed by atoms with Gasteiger partial charge in [-0.3, -0.25) is 0 Å². The Hall–Kier alpha value is -2.17. The summed E-state index contributed by atoms with van der Waals surface area (Å²) >= 11 is 0. The van der Waals surface area contributed by atoms with E-state index in [9.17, 15) is 9.90 Å². The van der Waals surface area contributed by atoms with Crippen molar-refractivity contribution in [3.05, 3.63) is 30.4 Å². The summed E-state index contributed by atoms with van der Waals surface area (Å²) in [6, 6.07) is 4.34. The summed E-state index contributed by atoms with van der Waals surface area (Å²) in [6.45, 7) is 0.317. The van der Waals surface area contributed by atoms with Crippen LogP contribution in [0.5, 0.6) is 17.2 Å². The quantitative estimate of drug-likeness (QED) is 0.514. The Morgan fingerprint density at radius 1 is 1.47 bits per heavy atom. The molecular weight excluding hydrogens is 248 g/mol. The fourth-order valence-corrected chi connectivity index (χ4v) is 1.87. The van der Waals surface area contributed by atoms with Crippen LogP contribution < -0.4 is 9.47 Å². The minimum atomic E-state index is -0.773. The molecule has 0 saturated heterocycles. The van der Waals surface area contributed by atoms with Crippen LogP contribution >= 0.6 is 0 Å². The highest BCUT2D eigenvalue weighted by molar-refractivity contribution is 5.64. The van der Waals surface area contributed by atoms with Gasteiger partial charge < -0.3 is 19.3 Å². The Bertz CT molecular complexity index is 481. The second-order valence-corrected chi connectivity index (χ2v) is 4.26. The molecule has 1 aromatic carbocycles. The first kappa shape index (κ1) is 13.3. The molecule has 0 amide bonds. The lowest BCUT2D eigenvalue weighted by Crippen LogP contribution is -2.15. The molecule has 0 heterocycles. The van der Waals surface area contributed by atoms with Crippen molar-refractivity contribution in [3.8, 4) is 17.2 Å². The Morgan fingerprint density at radius 2 is 2.32 bits per heavy atom. The van der Waals surface area contributed by atoms with E-state index in [1.807, 2.05) is 6.08 Å². The Kier molecular flexibility index (Phi) is 4.28. The molecule has 0 aliphatic heterocycles. The third-order valence-corrected chi connectivity index (χ3v) is 2.88.